The van der Waals surface area contributed by atoms with Crippen molar-refractivity contribution in [1.82, 2.24) is 25.1 Å². The number of fused-ring (bicyclic) bond motifs is 1. The van der Waals surface area contributed by atoms with Crippen LogP contribution >= 0.6 is 0 Å². The van der Waals surface area contributed by atoms with Crippen LogP contribution in [0.1, 0.15) is 49.3 Å². The number of imidazole rings is 1. The Morgan fingerprint density at radius 1 is 1.27 bits per heavy atom. The number of hydrogen-bond donors (Lipinski definition) is 2. The summed E-state index contributed by atoms with van der Waals surface area (Å²) in [5.74, 6) is 0.337. The Balaban J connectivity index is 1.66. The molecule has 0 fully saturated rings. The topological polar surface area (TPSA) is 84.8 Å². The third-order valence-corrected chi connectivity index (χ3v) is 5.29. The Kier molecular flexibility index (Phi) is 6.18. The van der Waals surface area contributed by atoms with Gasteiger partial charge >= 0.3 is 6.09 Å². The zero-order valence-corrected chi connectivity index (χ0v) is 19.2. The Labute approximate surface area is 192 Å². The van der Waals surface area contributed by atoms with Gasteiger partial charge in [0.15, 0.2) is 0 Å². The number of halogens is 1. The van der Waals surface area contributed by atoms with Crippen LogP contribution in [0.2, 0.25) is 0 Å². The second-order valence-electron chi connectivity index (χ2n) is 9.15. The van der Waals surface area contributed by atoms with E-state index in [0.717, 1.165) is 22.0 Å². The maximum Gasteiger partial charge on any atom is 0.408 e. The van der Waals surface area contributed by atoms with E-state index in [9.17, 15) is 9.18 Å². The zero-order chi connectivity index (χ0) is 23.6. The summed E-state index contributed by atoms with van der Waals surface area (Å²) in [5.41, 5.74) is 2.97. The van der Waals surface area contributed by atoms with E-state index >= 15 is 0 Å². The fraction of sp³-hybridized carbons (Fsp3) is 0.320. The monoisotopic (exact) mass is 449 g/mol. The summed E-state index contributed by atoms with van der Waals surface area (Å²) in [6.07, 6.45) is 5.17. The SMILES string of the molecule is Cc1cc(CC(NC(=O)OC(C)(C)C)c2nccn2Cc2ccccc2F)cc2cn[nH]c12. The number of carbonyl (C=O) groups excluding carboxylic acids is 1. The molecule has 1 unspecified atom stereocenters. The fourth-order valence-electron chi connectivity index (χ4n) is 3.90. The molecule has 0 saturated carbocycles. The maximum absolute atomic E-state index is 14.3. The van der Waals surface area contributed by atoms with Crippen LogP contribution in [0.4, 0.5) is 9.18 Å². The molecule has 2 N–H and O–H groups in total. The molecule has 1 amide bonds. The molecule has 7 nitrogen and oxygen atoms in total. The van der Waals surface area contributed by atoms with Crippen molar-refractivity contribution in [3.8, 4) is 0 Å². The summed E-state index contributed by atoms with van der Waals surface area (Å²) in [6, 6.07) is 10.3. The predicted octanol–water partition coefficient (Wildman–Crippen LogP) is 5.06. The van der Waals surface area contributed by atoms with Crippen LogP contribution in [-0.4, -0.2) is 31.4 Å². The van der Waals surface area contributed by atoms with Crippen molar-refractivity contribution in [2.75, 3.05) is 0 Å². The van der Waals surface area contributed by atoms with Gasteiger partial charge in [0.25, 0.3) is 0 Å². The van der Waals surface area contributed by atoms with Crippen molar-refractivity contribution in [3.63, 3.8) is 0 Å². The highest BCUT2D eigenvalue weighted by atomic mass is 19.1. The number of nitrogens with one attached hydrogen (secondary N) is 2. The second-order valence-corrected chi connectivity index (χ2v) is 9.15. The number of rotatable bonds is 6. The molecular formula is C25H28FN5O2. The Morgan fingerprint density at radius 3 is 2.82 bits per heavy atom. The first kappa shape index (κ1) is 22.5. The van der Waals surface area contributed by atoms with Crippen LogP contribution in [0, 0.1) is 12.7 Å². The van der Waals surface area contributed by atoms with Gasteiger partial charge in [0.1, 0.15) is 17.2 Å². The molecule has 0 bridgehead atoms. The van der Waals surface area contributed by atoms with Crippen LogP contribution in [0.15, 0.2) is 55.0 Å². The van der Waals surface area contributed by atoms with Crippen molar-refractivity contribution in [1.29, 1.82) is 0 Å². The van der Waals surface area contributed by atoms with Crippen molar-refractivity contribution < 1.29 is 13.9 Å². The average molecular weight is 450 g/mol. The highest BCUT2D eigenvalue weighted by molar-refractivity contribution is 5.82. The lowest BCUT2D eigenvalue weighted by molar-refractivity contribution is 0.0500. The molecule has 2 heterocycles. The summed E-state index contributed by atoms with van der Waals surface area (Å²) in [6.45, 7) is 7.76. The molecule has 0 aliphatic rings. The van der Waals surface area contributed by atoms with E-state index in [4.69, 9.17) is 4.74 Å². The van der Waals surface area contributed by atoms with Gasteiger partial charge in [-0.3, -0.25) is 5.10 Å². The van der Waals surface area contributed by atoms with Crippen LogP contribution in [0.5, 0.6) is 0 Å². The highest BCUT2D eigenvalue weighted by Crippen LogP contribution is 2.24. The van der Waals surface area contributed by atoms with Crippen LogP contribution in [0.3, 0.4) is 0 Å². The number of carbonyl (C=O) groups is 1. The van der Waals surface area contributed by atoms with Crippen molar-refractivity contribution in [2.45, 2.75) is 52.3 Å². The van der Waals surface area contributed by atoms with E-state index in [0.29, 0.717) is 24.4 Å². The Hall–Kier alpha value is -3.68. The van der Waals surface area contributed by atoms with Gasteiger partial charge in [0.2, 0.25) is 0 Å². The molecule has 33 heavy (non-hydrogen) atoms. The standard InChI is InChI=1S/C25H28FN5O2/c1-16-11-17(12-19-14-28-30-22(16)19)13-21(29-24(32)33-25(2,3)4)23-27-9-10-31(23)15-18-7-5-6-8-20(18)26/h5-12,14,21H,13,15H2,1-4H3,(H,28,30)(H,29,32). The van der Waals surface area contributed by atoms with Crippen molar-refractivity contribution in [3.05, 3.63) is 83.3 Å². The van der Waals surface area contributed by atoms with Gasteiger partial charge in [-0.2, -0.15) is 5.10 Å². The number of amides is 1. The summed E-state index contributed by atoms with van der Waals surface area (Å²) in [4.78, 5) is 17.2. The molecule has 8 heteroatoms. The van der Waals surface area contributed by atoms with E-state index in [1.807, 2.05) is 38.3 Å². The molecule has 2 aromatic heterocycles. The largest absolute Gasteiger partial charge is 0.444 e. The first-order chi connectivity index (χ1) is 15.7. The van der Waals surface area contributed by atoms with Crippen LogP contribution < -0.4 is 5.32 Å². The number of hydrogen-bond acceptors (Lipinski definition) is 4. The first-order valence-corrected chi connectivity index (χ1v) is 10.9. The normalized spacial score (nSPS) is 12.6. The number of nitrogens with zero attached hydrogens (tertiary/aromatic N) is 3. The molecule has 0 aliphatic heterocycles. The summed E-state index contributed by atoms with van der Waals surface area (Å²) in [7, 11) is 0. The molecule has 0 spiro atoms. The van der Waals surface area contributed by atoms with Gasteiger partial charge < -0.3 is 14.6 Å². The van der Waals surface area contributed by atoms with Crippen LogP contribution in [-0.2, 0) is 17.7 Å². The molecule has 1 atom stereocenters. The predicted molar refractivity (Wildman–Crippen MR) is 124 cm³/mol. The average Bonchev–Trinajstić information content (AvgIpc) is 3.37. The molecule has 0 saturated heterocycles. The molecule has 4 aromatic rings. The molecule has 2 aromatic carbocycles. The van der Waals surface area contributed by atoms with E-state index in [2.05, 4.69) is 26.6 Å². The zero-order valence-electron chi connectivity index (χ0n) is 19.2. The number of aromatic amines is 1. The maximum atomic E-state index is 14.3. The minimum Gasteiger partial charge on any atom is -0.444 e. The van der Waals surface area contributed by atoms with Crippen molar-refractivity contribution in [2.24, 2.45) is 0 Å². The Bertz CT molecular complexity index is 1270. The van der Waals surface area contributed by atoms with Gasteiger partial charge in [0.05, 0.1) is 24.3 Å². The van der Waals surface area contributed by atoms with Gasteiger partial charge in [-0.05, 0) is 51.0 Å². The van der Waals surface area contributed by atoms with E-state index < -0.39 is 17.7 Å². The van der Waals surface area contributed by atoms with E-state index in [1.54, 1.807) is 36.8 Å². The second kappa shape index (κ2) is 9.05. The summed E-state index contributed by atoms with van der Waals surface area (Å²) < 4.78 is 21.6. The first-order valence-electron chi connectivity index (χ1n) is 10.9. The third kappa shape index (κ3) is 5.39. The van der Waals surface area contributed by atoms with E-state index in [-0.39, 0.29) is 5.82 Å². The number of aromatic nitrogens is 4. The lowest BCUT2D eigenvalue weighted by Gasteiger charge is -2.24. The smallest absolute Gasteiger partial charge is 0.408 e. The molecule has 0 radical (unpaired) electrons. The summed E-state index contributed by atoms with van der Waals surface area (Å²) >= 11 is 0. The number of H-pyrrole nitrogens is 1. The van der Waals surface area contributed by atoms with E-state index in [1.165, 1.54) is 6.07 Å². The number of alkyl carbamates (subject to hydrolysis) is 1. The van der Waals surface area contributed by atoms with Gasteiger partial charge in [-0.25, -0.2) is 14.2 Å². The quantitative estimate of drug-likeness (QED) is 0.431. The summed E-state index contributed by atoms with van der Waals surface area (Å²) in [5, 5.41) is 11.1. The minimum absolute atomic E-state index is 0.283. The molecule has 0 aliphatic carbocycles. The molecule has 4 rings (SSSR count). The Morgan fingerprint density at radius 2 is 2.06 bits per heavy atom. The lowest BCUT2D eigenvalue weighted by Crippen LogP contribution is -2.37. The third-order valence-electron chi connectivity index (χ3n) is 5.29. The number of ether oxygens (including phenoxy) is 1. The number of benzene rings is 2. The fourth-order valence-corrected chi connectivity index (χ4v) is 3.90. The lowest BCUT2D eigenvalue weighted by atomic mass is 10.0. The van der Waals surface area contributed by atoms with Gasteiger partial charge in [-0.15, -0.1) is 0 Å². The van der Waals surface area contributed by atoms with Crippen LogP contribution in [0.25, 0.3) is 10.9 Å². The minimum atomic E-state index is -0.635. The van der Waals surface area contributed by atoms with Gasteiger partial charge in [-0.1, -0.05) is 24.3 Å². The van der Waals surface area contributed by atoms with Gasteiger partial charge in [0, 0.05) is 29.8 Å². The molecular weight excluding hydrogens is 421 g/mol. The highest BCUT2D eigenvalue weighted by Gasteiger charge is 2.24. The molecule has 172 valence electrons. The number of aryl methyl sites for hydroxylation is 1. The van der Waals surface area contributed by atoms with Crippen molar-refractivity contribution >= 4 is 17.0 Å².